The first kappa shape index (κ1) is 19.2. The van der Waals surface area contributed by atoms with Gasteiger partial charge < -0.3 is 15.4 Å². The van der Waals surface area contributed by atoms with Crippen molar-refractivity contribution in [3.8, 4) is 5.75 Å². The molecule has 0 aliphatic heterocycles. The molecule has 3 N–H and O–H groups in total. The smallest absolute Gasteiger partial charge is 0.282 e. The fourth-order valence-electron chi connectivity index (χ4n) is 3.50. The number of amides is 1. The standard InChI is InChI=1S/C18H27N3O4/c1-11-6-5-7-15(12(11)2)19-13(3)18(22)20-16-9-8-14(21(23)24)10-17(16)25-4/h8-13,15,19H,5-7H2,1-4H3,(H,20,22)/p+1/t11-,12+,13-,15-/m0/s1. The molecule has 138 valence electrons. The van der Waals surface area contributed by atoms with Crippen molar-refractivity contribution < 1.29 is 19.8 Å². The van der Waals surface area contributed by atoms with E-state index in [1.807, 2.05) is 6.92 Å². The van der Waals surface area contributed by atoms with Gasteiger partial charge in [0.05, 0.1) is 29.8 Å². The first-order chi connectivity index (χ1) is 11.8. The van der Waals surface area contributed by atoms with Crippen LogP contribution in [-0.2, 0) is 4.79 Å². The Morgan fingerprint density at radius 3 is 2.76 bits per heavy atom. The number of hydrogen-bond donors (Lipinski definition) is 2. The summed E-state index contributed by atoms with van der Waals surface area (Å²) in [6.45, 7) is 6.42. The first-order valence-corrected chi connectivity index (χ1v) is 8.81. The zero-order valence-corrected chi connectivity index (χ0v) is 15.3. The molecule has 0 saturated heterocycles. The molecule has 1 aliphatic carbocycles. The summed E-state index contributed by atoms with van der Waals surface area (Å²) in [5, 5.41) is 15.8. The number of anilines is 1. The lowest BCUT2D eigenvalue weighted by Crippen LogP contribution is -2.97. The van der Waals surface area contributed by atoms with Gasteiger partial charge >= 0.3 is 0 Å². The molecule has 1 aromatic rings. The predicted octanol–water partition coefficient (Wildman–Crippen LogP) is 2.32. The molecule has 0 bridgehead atoms. The number of nitrogens with zero attached hydrogens (tertiary/aromatic N) is 1. The van der Waals surface area contributed by atoms with Crippen LogP contribution in [0.5, 0.6) is 5.75 Å². The summed E-state index contributed by atoms with van der Waals surface area (Å²) in [7, 11) is 1.43. The SMILES string of the molecule is COc1cc([N+](=O)[O-])ccc1NC(=O)[C@H](C)[NH2+][C@H]1CCC[C@H](C)[C@H]1C. The zero-order valence-electron chi connectivity index (χ0n) is 15.3. The molecule has 0 unspecified atom stereocenters. The number of rotatable bonds is 6. The van der Waals surface area contributed by atoms with Crippen LogP contribution < -0.4 is 15.4 Å². The monoisotopic (exact) mass is 350 g/mol. The number of hydrogen-bond acceptors (Lipinski definition) is 4. The third-order valence-electron chi connectivity index (χ3n) is 5.37. The van der Waals surface area contributed by atoms with Crippen molar-refractivity contribution in [2.24, 2.45) is 11.8 Å². The minimum atomic E-state index is -0.490. The van der Waals surface area contributed by atoms with Crippen LogP contribution in [-0.4, -0.2) is 30.0 Å². The van der Waals surface area contributed by atoms with Gasteiger partial charge in [0.15, 0.2) is 6.04 Å². The van der Waals surface area contributed by atoms with Crippen molar-refractivity contribution in [2.45, 2.75) is 52.1 Å². The topological polar surface area (TPSA) is 98.1 Å². The van der Waals surface area contributed by atoms with Crippen LogP contribution in [0.3, 0.4) is 0 Å². The molecule has 0 aromatic heterocycles. The number of nitrogens with two attached hydrogens (primary N) is 1. The van der Waals surface area contributed by atoms with E-state index in [4.69, 9.17) is 4.74 Å². The molecule has 7 nitrogen and oxygen atoms in total. The Labute approximate surface area is 148 Å². The third-order valence-corrected chi connectivity index (χ3v) is 5.37. The highest BCUT2D eigenvalue weighted by molar-refractivity contribution is 5.95. The fourth-order valence-corrected chi connectivity index (χ4v) is 3.50. The van der Waals surface area contributed by atoms with Gasteiger partial charge in [0.1, 0.15) is 5.75 Å². The Morgan fingerprint density at radius 2 is 2.12 bits per heavy atom. The minimum absolute atomic E-state index is 0.0699. The first-order valence-electron chi connectivity index (χ1n) is 8.81. The van der Waals surface area contributed by atoms with E-state index in [2.05, 4.69) is 24.5 Å². The van der Waals surface area contributed by atoms with Gasteiger partial charge in [0, 0.05) is 12.0 Å². The van der Waals surface area contributed by atoms with Crippen LogP contribution in [0.2, 0.25) is 0 Å². The summed E-state index contributed by atoms with van der Waals surface area (Å²) in [4.78, 5) is 22.9. The number of ether oxygens (including phenoxy) is 1. The quantitative estimate of drug-likeness (QED) is 0.607. The number of nitro groups is 1. The van der Waals surface area contributed by atoms with Gasteiger partial charge in [-0.25, -0.2) is 0 Å². The summed E-state index contributed by atoms with van der Waals surface area (Å²) in [6.07, 6.45) is 3.59. The average Bonchev–Trinajstić information content (AvgIpc) is 2.58. The molecule has 1 saturated carbocycles. The van der Waals surface area contributed by atoms with E-state index in [0.29, 0.717) is 23.6 Å². The molecule has 25 heavy (non-hydrogen) atoms. The second-order valence-electron chi connectivity index (χ2n) is 7.04. The molecule has 7 heteroatoms. The van der Waals surface area contributed by atoms with E-state index in [0.717, 1.165) is 6.42 Å². The van der Waals surface area contributed by atoms with Gasteiger partial charge in [-0.15, -0.1) is 0 Å². The number of carbonyl (C=O) groups is 1. The molecular weight excluding hydrogens is 322 g/mol. The van der Waals surface area contributed by atoms with E-state index in [-0.39, 0.29) is 23.4 Å². The fraction of sp³-hybridized carbons (Fsp3) is 0.611. The van der Waals surface area contributed by atoms with Gasteiger partial charge in [-0.1, -0.05) is 13.8 Å². The van der Waals surface area contributed by atoms with Gasteiger partial charge in [-0.3, -0.25) is 14.9 Å². The van der Waals surface area contributed by atoms with Crippen LogP contribution in [0, 0.1) is 22.0 Å². The molecule has 0 heterocycles. The van der Waals surface area contributed by atoms with Crippen molar-refractivity contribution in [1.29, 1.82) is 0 Å². The van der Waals surface area contributed by atoms with E-state index in [1.165, 1.54) is 38.2 Å². The second-order valence-corrected chi connectivity index (χ2v) is 7.04. The number of benzene rings is 1. The summed E-state index contributed by atoms with van der Waals surface area (Å²) in [5.41, 5.74) is 0.378. The van der Waals surface area contributed by atoms with E-state index in [1.54, 1.807) is 0 Å². The number of non-ortho nitro benzene ring substituents is 1. The summed E-state index contributed by atoms with van der Waals surface area (Å²) >= 11 is 0. The molecule has 2 rings (SSSR count). The van der Waals surface area contributed by atoms with Gasteiger partial charge in [0.2, 0.25) is 0 Å². The maximum Gasteiger partial charge on any atom is 0.282 e. The van der Waals surface area contributed by atoms with E-state index in [9.17, 15) is 14.9 Å². The molecule has 0 radical (unpaired) electrons. The lowest BCUT2D eigenvalue weighted by Gasteiger charge is -2.33. The summed E-state index contributed by atoms with van der Waals surface area (Å²) in [6, 6.07) is 4.39. The molecule has 0 spiro atoms. The Hall–Kier alpha value is -2.15. The highest BCUT2D eigenvalue weighted by atomic mass is 16.6. The Bertz CT molecular complexity index is 635. The highest BCUT2D eigenvalue weighted by Gasteiger charge is 2.32. The molecular formula is C18H28N3O4+. The van der Waals surface area contributed by atoms with Crippen molar-refractivity contribution in [2.75, 3.05) is 12.4 Å². The second kappa shape index (κ2) is 8.29. The van der Waals surface area contributed by atoms with Gasteiger partial charge in [-0.2, -0.15) is 0 Å². The summed E-state index contributed by atoms with van der Waals surface area (Å²) in [5.74, 6) is 1.42. The third kappa shape index (κ3) is 4.69. The highest BCUT2D eigenvalue weighted by Crippen LogP contribution is 2.29. The molecule has 4 atom stereocenters. The Balaban J connectivity index is 2.02. The van der Waals surface area contributed by atoms with Crippen molar-refractivity contribution >= 4 is 17.3 Å². The lowest BCUT2D eigenvalue weighted by atomic mass is 9.78. The molecule has 1 fully saturated rings. The molecule has 1 aromatic carbocycles. The largest absolute Gasteiger partial charge is 0.494 e. The average molecular weight is 350 g/mol. The van der Waals surface area contributed by atoms with Crippen LogP contribution >= 0.6 is 0 Å². The maximum atomic E-state index is 12.5. The van der Waals surface area contributed by atoms with Crippen molar-refractivity contribution in [3.63, 3.8) is 0 Å². The Kier molecular flexibility index (Phi) is 6.36. The number of nitro benzene ring substituents is 1. The zero-order chi connectivity index (χ0) is 18.6. The number of quaternary nitrogens is 1. The lowest BCUT2D eigenvalue weighted by molar-refractivity contribution is -0.715. The summed E-state index contributed by atoms with van der Waals surface area (Å²) < 4.78 is 5.17. The Morgan fingerprint density at radius 1 is 1.40 bits per heavy atom. The van der Waals surface area contributed by atoms with E-state index >= 15 is 0 Å². The number of carbonyl (C=O) groups excluding carboxylic acids is 1. The van der Waals surface area contributed by atoms with Crippen LogP contribution in [0.15, 0.2) is 18.2 Å². The van der Waals surface area contributed by atoms with E-state index < -0.39 is 4.92 Å². The van der Waals surface area contributed by atoms with Crippen molar-refractivity contribution in [1.82, 2.24) is 0 Å². The van der Waals surface area contributed by atoms with Crippen LogP contribution in [0.1, 0.15) is 40.0 Å². The van der Waals surface area contributed by atoms with Gasteiger partial charge in [-0.05, 0) is 38.2 Å². The molecule has 1 aliphatic rings. The van der Waals surface area contributed by atoms with Crippen LogP contribution in [0.4, 0.5) is 11.4 Å². The number of nitrogens with one attached hydrogen (secondary N) is 1. The molecule has 1 amide bonds. The normalized spacial score (nSPS) is 24.4. The predicted molar refractivity (Wildman–Crippen MR) is 95.6 cm³/mol. The maximum absolute atomic E-state index is 12.5. The van der Waals surface area contributed by atoms with Crippen molar-refractivity contribution in [3.05, 3.63) is 28.3 Å². The van der Waals surface area contributed by atoms with Crippen LogP contribution in [0.25, 0.3) is 0 Å². The minimum Gasteiger partial charge on any atom is -0.494 e. The number of methoxy groups -OCH3 is 1. The van der Waals surface area contributed by atoms with Gasteiger partial charge in [0.25, 0.3) is 11.6 Å².